The molecule has 4 nitrogen and oxygen atoms in total. The molecule has 0 bridgehead atoms. The minimum Gasteiger partial charge on any atom is -0.304 e. The summed E-state index contributed by atoms with van der Waals surface area (Å²) in [4.78, 5) is 17.9. The van der Waals surface area contributed by atoms with Gasteiger partial charge in [-0.25, -0.2) is 0 Å². The number of pyridine rings is 4. The van der Waals surface area contributed by atoms with Crippen molar-refractivity contribution in [3.63, 3.8) is 0 Å². The molecule has 6 aromatic heterocycles. The maximum absolute atomic E-state index is 4.65. The third-order valence-corrected chi connectivity index (χ3v) is 19.1. The van der Waals surface area contributed by atoms with Gasteiger partial charge in [-0.15, -0.1) is 118 Å². The van der Waals surface area contributed by atoms with Crippen LogP contribution in [0.25, 0.3) is 85.4 Å². The summed E-state index contributed by atoms with van der Waals surface area (Å²) >= 11 is 3.74. The van der Waals surface area contributed by atoms with Gasteiger partial charge in [0.25, 0.3) is 0 Å². The van der Waals surface area contributed by atoms with Crippen LogP contribution < -0.4 is 10.4 Å². The van der Waals surface area contributed by atoms with Gasteiger partial charge in [0, 0.05) is 82.5 Å². The number of benzene rings is 6. The van der Waals surface area contributed by atoms with Gasteiger partial charge in [0.05, 0.1) is 8.07 Å². The number of fused-ring (bicyclic) bond motifs is 6. The van der Waals surface area contributed by atoms with E-state index in [1.807, 2.05) is 128 Å². The number of rotatable bonds is 6. The van der Waals surface area contributed by atoms with E-state index in [9.17, 15) is 0 Å². The smallest absolute Gasteiger partial charge is 0.0783 e. The molecule has 0 fully saturated rings. The van der Waals surface area contributed by atoms with Gasteiger partial charge in [-0.05, 0) is 105 Å². The van der Waals surface area contributed by atoms with Crippen molar-refractivity contribution in [1.82, 2.24) is 19.9 Å². The summed E-state index contributed by atoms with van der Waals surface area (Å²) in [6.07, 6.45) is 7.61. The molecule has 0 N–H and O–H groups in total. The van der Waals surface area contributed by atoms with Gasteiger partial charge in [0.15, 0.2) is 0 Å². The van der Waals surface area contributed by atoms with E-state index in [0.29, 0.717) is 0 Å². The van der Waals surface area contributed by atoms with E-state index < -0.39 is 16.1 Å². The third-order valence-electron chi connectivity index (χ3n) is 12.7. The van der Waals surface area contributed by atoms with Crippen LogP contribution in [0, 0.1) is 52.0 Å². The average molecular weight is 1410 g/mol. The third kappa shape index (κ3) is 13.6. The first-order valence-electron chi connectivity index (χ1n) is 25.0. The van der Waals surface area contributed by atoms with Gasteiger partial charge >= 0.3 is 0 Å². The fraction of sp³-hybridized carbons (Fsp3) is 0.152. The number of aromatic nitrogens is 4. The maximum atomic E-state index is 4.65. The molecule has 0 amide bonds. The number of thiophene rings is 2. The van der Waals surface area contributed by atoms with Crippen molar-refractivity contribution < 1.29 is 40.2 Å². The van der Waals surface area contributed by atoms with Crippen LogP contribution in [0.5, 0.6) is 0 Å². The van der Waals surface area contributed by atoms with Crippen molar-refractivity contribution in [2.75, 3.05) is 0 Å². The molecule has 0 atom stereocenters. The standard InChI is InChI=1S/2C21H20NSSi.2C12H10N.2Ir/c1-14-11-12-17(22-13-14)15-7-5-8-16-20-18(23-21(15)16)9-6-10-19(20)24(2,3)4;1-14-9-11-17(22-13-14)15-10-12-19(24(2,3)4)20-16-7-5-6-8-18(16)23-21(15)20;2*1-10-7-8-12(13-9-10)11-5-3-2-4-6-11;;/h5-6,8-13H,1-4H3;5-9,11-13H,1-4H3;2*2-5,7-9H,1H3;;/q4*-1;;. The second-order valence-corrected chi connectivity index (χ2v) is 32.9. The van der Waals surface area contributed by atoms with Gasteiger partial charge in [-0.3, -0.25) is 0 Å². The first kappa shape index (κ1) is 57.8. The summed E-state index contributed by atoms with van der Waals surface area (Å²) in [5.41, 5.74) is 13.0. The van der Waals surface area contributed by atoms with Gasteiger partial charge in [0.1, 0.15) is 0 Å². The maximum Gasteiger partial charge on any atom is 0.0783 e. The normalized spacial score (nSPS) is 11.1. The molecule has 12 aromatic rings. The second kappa shape index (κ2) is 25.5. The van der Waals surface area contributed by atoms with E-state index in [4.69, 9.17) is 0 Å². The fourth-order valence-corrected chi connectivity index (χ4v) is 14.5. The number of nitrogens with zero attached hydrogens (tertiary/aromatic N) is 4. The molecule has 0 unspecified atom stereocenters. The molecule has 0 spiro atoms. The molecule has 0 saturated heterocycles. The Morgan fingerprint density at radius 1 is 0.368 bits per heavy atom. The monoisotopic (exact) mass is 1410 g/mol. The fourth-order valence-electron chi connectivity index (χ4n) is 8.75. The first-order chi connectivity index (χ1) is 35.6. The van der Waals surface area contributed by atoms with Gasteiger partial charge < -0.3 is 19.9 Å². The molecule has 76 heavy (non-hydrogen) atoms. The summed E-state index contributed by atoms with van der Waals surface area (Å²) in [6.45, 7) is 22.7. The minimum absolute atomic E-state index is 0. The number of hydrogen-bond acceptors (Lipinski definition) is 6. The Kier molecular flexibility index (Phi) is 19.4. The van der Waals surface area contributed by atoms with Crippen LogP contribution in [0.1, 0.15) is 22.3 Å². The Labute approximate surface area is 486 Å². The van der Waals surface area contributed by atoms with Crippen molar-refractivity contribution in [2.45, 2.75) is 67.0 Å². The summed E-state index contributed by atoms with van der Waals surface area (Å²) in [5.74, 6) is 0. The summed E-state index contributed by atoms with van der Waals surface area (Å²) < 4.78 is 5.35. The Balaban J connectivity index is 0.000000152. The molecule has 12 rings (SSSR count). The summed E-state index contributed by atoms with van der Waals surface area (Å²) in [5, 5.41) is 8.62. The molecule has 386 valence electrons. The molecule has 0 aliphatic rings. The zero-order valence-electron chi connectivity index (χ0n) is 44.6. The molecule has 0 aliphatic carbocycles. The predicted molar refractivity (Wildman–Crippen MR) is 325 cm³/mol. The molecule has 0 saturated carbocycles. The van der Waals surface area contributed by atoms with Crippen LogP contribution in [-0.4, -0.2) is 36.1 Å². The molecule has 6 aromatic carbocycles. The van der Waals surface area contributed by atoms with E-state index in [1.165, 1.54) is 67.8 Å². The largest absolute Gasteiger partial charge is 0.304 e. The van der Waals surface area contributed by atoms with Crippen molar-refractivity contribution in [2.24, 2.45) is 0 Å². The average Bonchev–Trinajstić information content (AvgIpc) is 3.99. The SMILES string of the molecule is Cc1ccc(-c2[c-]cc([Si](C)(C)C)c3c2sc2ccccc23)nc1.Cc1ccc(-c2[c-]ccc3c2sc2cccc([Si](C)(C)C)c23)nc1.Cc1ccc(-c2[c-]cccc2)nc1.Cc1ccc(-c2[c-]cccc2)nc1.[Ir].[Ir]. The zero-order valence-corrected chi connectivity index (χ0v) is 53.0. The Bertz CT molecular complexity index is 3730. The van der Waals surface area contributed by atoms with E-state index in [0.717, 1.165) is 45.0 Å². The number of hydrogen-bond donors (Lipinski definition) is 0. The Morgan fingerprint density at radius 3 is 1.30 bits per heavy atom. The molecular weight excluding hydrogens is 1350 g/mol. The van der Waals surface area contributed by atoms with Crippen LogP contribution >= 0.6 is 22.7 Å². The van der Waals surface area contributed by atoms with Gasteiger partial charge in [-0.1, -0.05) is 134 Å². The molecular formula is C66H60Ir2N4S2Si2-4. The molecule has 6 heterocycles. The van der Waals surface area contributed by atoms with E-state index >= 15 is 0 Å². The summed E-state index contributed by atoms with van der Waals surface area (Å²) in [7, 11) is -2.86. The van der Waals surface area contributed by atoms with Crippen LogP contribution in [0.4, 0.5) is 0 Å². The van der Waals surface area contributed by atoms with Crippen molar-refractivity contribution >= 4 is 89.5 Å². The van der Waals surface area contributed by atoms with Crippen molar-refractivity contribution in [3.8, 4) is 45.0 Å². The van der Waals surface area contributed by atoms with Crippen LogP contribution in [0.3, 0.4) is 0 Å². The van der Waals surface area contributed by atoms with Crippen molar-refractivity contribution in [3.05, 3.63) is 229 Å². The van der Waals surface area contributed by atoms with Crippen LogP contribution in [0.15, 0.2) is 183 Å². The Morgan fingerprint density at radius 2 is 0.829 bits per heavy atom. The van der Waals surface area contributed by atoms with Gasteiger partial charge in [0.2, 0.25) is 0 Å². The Hall–Kier alpha value is -5.91. The molecule has 0 aliphatic heterocycles. The van der Waals surface area contributed by atoms with Crippen LogP contribution in [-0.2, 0) is 40.2 Å². The first-order valence-corrected chi connectivity index (χ1v) is 33.6. The predicted octanol–water partition coefficient (Wildman–Crippen LogP) is 17.3. The number of aryl methyl sites for hydroxylation is 4. The molecule has 10 heteroatoms. The quantitative estimate of drug-likeness (QED) is 0.123. The zero-order chi connectivity index (χ0) is 52.0. The van der Waals surface area contributed by atoms with Crippen LogP contribution in [0.2, 0.25) is 39.3 Å². The summed E-state index contributed by atoms with van der Waals surface area (Å²) in [6, 6.07) is 67.6. The van der Waals surface area contributed by atoms with Gasteiger partial charge in [-0.2, -0.15) is 22.7 Å². The minimum atomic E-state index is -1.46. The van der Waals surface area contributed by atoms with E-state index in [1.54, 1.807) is 5.19 Å². The van der Waals surface area contributed by atoms with E-state index in [-0.39, 0.29) is 40.2 Å². The van der Waals surface area contributed by atoms with E-state index in [2.05, 4.69) is 188 Å². The molecule has 2 radical (unpaired) electrons. The van der Waals surface area contributed by atoms with Crippen molar-refractivity contribution in [1.29, 1.82) is 0 Å². The topological polar surface area (TPSA) is 51.6 Å². The second-order valence-electron chi connectivity index (χ2n) is 20.7.